The second-order valence-electron chi connectivity index (χ2n) is 7.01. The van der Waals surface area contributed by atoms with Gasteiger partial charge >= 0.3 is 0 Å². The molecular weight excluding hydrogens is 298 g/mol. The van der Waals surface area contributed by atoms with Crippen molar-refractivity contribution < 1.29 is 0 Å². The molecule has 0 unspecified atom stereocenters. The van der Waals surface area contributed by atoms with Crippen LogP contribution in [0.3, 0.4) is 0 Å². The van der Waals surface area contributed by atoms with E-state index in [-0.39, 0.29) is 11.0 Å². The summed E-state index contributed by atoms with van der Waals surface area (Å²) in [4.78, 5) is 12.9. The van der Waals surface area contributed by atoms with E-state index in [0.29, 0.717) is 12.2 Å². The molecule has 0 amide bonds. The topological polar surface area (TPSA) is 53.0 Å². The van der Waals surface area contributed by atoms with Gasteiger partial charge in [-0.1, -0.05) is 69.3 Å². The van der Waals surface area contributed by atoms with Gasteiger partial charge in [-0.15, -0.1) is 0 Å². The molecule has 0 bridgehead atoms. The molecule has 0 radical (unpaired) electrons. The van der Waals surface area contributed by atoms with Crippen molar-refractivity contribution in [2.75, 3.05) is 5.73 Å². The zero-order valence-corrected chi connectivity index (χ0v) is 14.4. The minimum Gasteiger partial charge on any atom is -0.393 e. The van der Waals surface area contributed by atoms with E-state index >= 15 is 0 Å². The van der Waals surface area contributed by atoms with Gasteiger partial charge in [-0.25, -0.2) is 4.68 Å². The average molecular weight is 321 g/mol. The van der Waals surface area contributed by atoms with Crippen LogP contribution in [-0.2, 0) is 12.0 Å². The first kappa shape index (κ1) is 16.1. The van der Waals surface area contributed by atoms with Gasteiger partial charge in [-0.05, 0) is 17.7 Å². The number of nitrogens with two attached hydrogens (primary N) is 1. The Morgan fingerprint density at radius 1 is 0.917 bits per heavy atom. The molecule has 0 saturated heterocycles. The molecule has 0 aliphatic heterocycles. The van der Waals surface area contributed by atoms with E-state index in [1.807, 2.05) is 65.3 Å². The van der Waals surface area contributed by atoms with Crippen LogP contribution in [0.5, 0.6) is 0 Å². The summed E-state index contributed by atoms with van der Waals surface area (Å²) >= 11 is 0. The molecule has 2 N–H and O–H groups in total. The van der Waals surface area contributed by atoms with Crippen LogP contribution in [0.25, 0.3) is 5.69 Å². The highest BCUT2D eigenvalue weighted by Gasteiger charge is 2.28. The summed E-state index contributed by atoms with van der Waals surface area (Å²) in [5.74, 6) is 0. The molecule has 3 rings (SSSR count). The molecule has 0 spiro atoms. The quantitative estimate of drug-likeness (QED) is 0.802. The van der Waals surface area contributed by atoms with E-state index in [4.69, 9.17) is 5.73 Å². The summed E-state index contributed by atoms with van der Waals surface area (Å²) in [6.07, 6.45) is 0. The van der Waals surface area contributed by atoms with E-state index in [0.717, 1.165) is 16.9 Å². The van der Waals surface area contributed by atoms with Crippen LogP contribution in [0.1, 0.15) is 32.0 Å². The van der Waals surface area contributed by atoms with Crippen molar-refractivity contribution in [3.8, 4) is 5.69 Å². The Hall–Kier alpha value is -2.75. The summed E-state index contributed by atoms with van der Waals surface area (Å²) in [6.45, 7) is 6.70. The second-order valence-corrected chi connectivity index (χ2v) is 7.01. The molecule has 2 aromatic carbocycles. The molecular formula is C20H23N3O. The van der Waals surface area contributed by atoms with Crippen LogP contribution in [0, 0.1) is 0 Å². The molecule has 24 heavy (non-hydrogen) atoms. The highest BCUT2D eigenvalue weighted by molar-refractivity contribution is 5.50. The van der Waals surface area contributed by atoms with Crippen LogP contribution in [0.4, 0.5) is 5.69 Å². The van der Waals surface area contributed by atoms with Gasteiger partial charge in [-0.3, -0.25) is 9.48 Å². The Labute approximate surface area is 142 Å². The summed E-state index contributed by atoms with van der Waals surface area (Å²) in [5, 5.41) is 0. The fourth-order valence-corrected chi connectivity index (χ4v) is 3.02. The molecule has 0 fully saturated rings. The van der Waals surface area contributed by atoms with Gasteiger partial charge in [-0.2, -0.15) is 0 Å². The van der Waals surface area contributed by atoms with Crippen molar-refractivity contribution in [1.29, 1.82) is 0 Å². The number of benzene rings is 2. The molecule has 0 atom stereocenters. The van der Waals surface area contributed by atoms with E-state index in [9.17, 15) is 4.79 Å². The number of anilines is 1. The Balaban J connectivity index is 2.27. The average Bonchev–Trinajstić information content (AvgIpc) is 2.81. The van der Waals surface area contributed by atoms with E-state index < -0.39 is 0 Å². The van der Waals surface area contributed by atoms with Crippen LogP contribution >= 0.6 is 0 Å². The van der Waals surface area contributed by atoms with Gasteiger partial charge in [0.2, 0.25) is 0 Å². The SMILES string of the molecule is CC(C)(C)c1c(N)c(=O)n(Cc2ccccc2)n1-c1ccccc1. The summed E-state index contributed by atoms with van der Waals surface area (Å²) in [7, 11) is 0. The van der Waals surface area contributed by atoms with Crippen molar-refractivity contribution >= 4 is 5.69 Å². The highest BCUT2D eigenvalue weighted by Crippen LogP contribution is 2.29. The number of rotatable bonds is 3. The lowest BCUT2D eigenvalue weighted by Crippen LogP contribution is -2.25. The second kappa shape index (κ2) is 6.04. The third kappa shape index (κ3) is 2.87. The highest BCUT2D eigenvalue weighted by atomic mass is 16.1. The largest absolute Gasteiger partial charge is 0.393 e. The maximum Gasteiger partial charge on any atom is 0.290 e. The van der Waals surface area contributed by atoms with Crippen molar-refractivity contribution in [3.05, 3.63) is 82.3 Å². The molecule has 4 nitrogen and oxygen atoms in total. The monoisotopic (exact) mass is 321 g/mol. The normalized spacial score (nSPS) is 11.6. The molecule has 4 heteroatoms. The number of nitrogen functional groups attached to an aromatic ring is 1. The molecule has 0 aliphatic carbocycles. The third-order valence-electron chi connectivity index (χ3n) is 4.06. The molecule has 0 aliphatic rings. The number of nitrogens with zero attached hydrogens (tertiary/aromatic N) is 2. The van der Waals surface area contributed by atoms with E-state index in [1.165, 1.54) is 0 Å². The maximum atomic E-state index is 12.9. The molecule has 124 valence electrons. The molecule has 1 heterocycles. The lowest BCUT2D eigenvalue weighted by molar-refractivity contribution is 0.497. The fraction of sp³-hybridized carbons (Fsp3) is 0.250. The Morgan fingerprint density at radius 2 is 1.46 bits per heavy atom. The molecule has 1 aromatic heterocycles. The molecule has 3 aromatic rings. The first-order valence-corrected chi connectivity index (χ1v) is 8.10. The third-order valence-corrected chi connectivity index (χ3v) is 4.06. The predicted molar refractivity (Wildman–Crippen MR) is 98.7 cm³/mol. The standard InChI is InChI=1S/C20H23N3O/c1-20(2,3)18-17(21)19(24)22(14-15-10-6-4-7-11-15)23(18)16-12-8-5-9-13-16/h4-13H,14,21H2,1-3H3. The minimum absolute atomic E-state index is 0.146. The van der Waals surface area contributed by atoms with Gasteiger partial charge in [0.05, 0.1) is 17.9 Å². The summed E-state index contributed by atoms with van der Waals surface area (Å²) < 4.78 is 3.69. The lowest BCUT2D eigenvalue weighted by Gasteiger charge is -2.23. The van der Waals surface area contributed by atoms with Crippen LogP contribution in [0.2, 0.25) is 0 Å². The fourth-order valence-electron chi connectivity index (χ4n) is 3.02. The number of para-hydroxylation sites is 1. The minimum atomic E-state index is -0.249. The first-order chi connectivity index (χ1) is 11.4. The van der Waals surface area contributed by atoms with Gasteiger partial charge in [0, 0.05) is 5.41 Å². The van der Waals surface area contributed by atoms with Crippen LogP contribution in [-0.4, -0.2) is 9.36 Å². The van der Waals surface area contributed by atoms with Crippen LogP contribution < -0.4 is 11.3 Å². The molecule has 0 saturated carbocycles. The van der Waals surface area contributed by atoms with Gasteiger partial charge in [0.15, 0.2) is 0 Å². The zero-order valence-electron chi connectivity index (χ0n) is 14.4. The van der Waals surface area contributed by atoms with Crippen molar-refractivity contribution in [1.82, 2.24) is 9.36 Å². The Kier molecular flexibility index (Phi) is 4.06. The van der Waals surface area contributed by atoms with Crippen molar-refractivity contribution in [3.63, 3.8) is 0 Å². The first-order valence-electron chi connectivity index (χ1n) is 8.10. The Bertz CT molecular complexity index is 884. The van der Waals surface area contributed by atoms with E-state index in [2.05, 4.69) is 20.8 Å². The maximum absolute atomic E-state index is 12.9. The van der Waals surface area contributed by atoms with Gasteiger partial charge in [0.1, 0.15) is 5.69 Å². The van der Waals surface area contributed by atoms with Crippen molar-refractivity contribution in [2.45, 2.75) is 32.7 Å². The summed E-state index contributed by atoms with van der Waals surface area (Å²) in [5.41, 5.74) is 9.00. The number of hydrogen-bond donors (Lipinski definition) is 1. The lowest BCUT2D eigenvalue weighted by atomic mass is 9.91. The van der Waals surface area contributed by atoms with Gasteiger partial charge in [0.25, 0.3) is 5.56 Å². The summed E-state index contributed by atoms with van der Waals surface area (Å²) in [6, 6.07) is 19.8. The smallest absolute Gasteiger partial charge is 0.290 e. The zero-order chi connectivity index (χ0) is 17.3. The van der Waals surface area contributed by atoms with Gasteiger partial charge < -0.3 is 5.73 Å². The predicted octanol–water partition coefficient (Wildman–Crippen LogP) is 3.57. The number of aromatic nitrogens is 2. The number of hydrogen-bond acceptors (Lipinski definition) is 2. The van der Waals surface area contributed by atoms with E-state index in [1.54, 1.807) is 4.68 Å². The van der Waals surface area contributed by atoms with Crippen molar-refractivity contribution in [2.24, 2.45) is 0 Å². The van der Waals surface area contributed by atoms with Crippen LogP contribution in [0.15, 0.2) is 65.5 Å². The Morgan fingerprint density at radius 3 is 2.00 bits per heavy atom.